The molecule has 0 bridgehead atoms. The second-order valence-electron chi connectivity index (χ2n) is 8.64. The highest BCUT2D eigenvalue weighted by Crippen LogP contribution is 2.60. The van der Waals surface area contributed by atoms with E-state index in [1.807, 2.05) is 19.1 Å². The molecule has 0 unspecified atom stereocenters. The number of hydrogen-bond donors (Lipinski definition) is 0. The Morgan fingerprint density at radius 3 is 2.65 bits per heavy atom. The quantitative estimate of drug-likeness (QED) is 0.702. The maximum Gasteiger partial charge on any atom is 0.308 e. The van der Waals surface area contributed by atoms with E-state index in [0.717, 1.165) is 30.4 Å². The van der Waals surface area contributed by atoms with Gasteiger partial charge in [-0.05, 0) is 42.2 Å². The normalized spacial score (nSPS) is 31.2. The van der Waals surface area contributed by atoms with Crippen LogP contribution in [0.25, 0.3) is 6.08 Å². The van der Waals surface area contributed by atoms with Gasteiger partial charge in [-0.3, -0.25) is 9.59 Å². The van der Waals surface area contributed by atoms with Crippen LogP contribution in [0, 0.1) is 22.7 Å². The van der Waals surface area contributed by atoms with E-state index >= 15 is 0 Å². The van der Waals surface area contributed by atoms with Gasteiger partial charge in [0, 0.05) is 24.3 Å². The Labute approximate surface area is 155 Å². The van der Waals surface area contributed by atoms with Crippen molar-refractivity contribution in [2.24, 2.45) is 22.7 Å². The maximum atomic E-state index is 13.3. The van der Waals surface area contributed by atoms with Gasteiger partial charge in [-0.15, -0.1) is 0 Å². The molecular weight excluding hydrogens is 328 g/mol. The first-order chi connectivity index (χ1) is 12.2. The molecule has 0 N–H and O–H groups in total. The average Bonchev–Trinajstić information content (AvgIpc) is 3.03. The Balaban J connectivity index is 2.12. The minimum atomic E-state index is -0.442. The Bertz CT molecular complexity index is 766. The molecule has 4 nitrogen and oxygen atoms in total. The first-order valence-electron chi connectivity index (χ1n) is 9.30. The molecule has 1 heterocycles. The first-order valence-corrected chi connectivity index (χ1v) is 9.30. The molecule has 0 amide bonds. The van der Waals surface area contributed by atoms with Crippen molar-refractivity contribution in [1.29, 1.82) is 0 Å². The van der Waals surface area contributed by atoms with Gasteiger partial charge in [-0.1, -0.05) is 39.3 Å². The van der Waals surface area contributed by atoms with Gasteiger partial charge in [-0.25, -0.2) is 0 Å². The fourth-order valence-electron chi connectivity index (χ4n) is 5.27. The standard InChI is InChI=1S/C22H28O4/c1-14-17(8-7-16-9-12-25-13-16)22(5)11-6-10-21(3,4)20(22)18(24)19(14)26-15(2)23/h7-9,12-13,17,20H,6,10-11H2,1-5H3/t17-,20-,22+/m0/s1. The topological polar surface area (TPSA) is 56.5 Å². The number of ketones is 1. The molecule has 0 saturated heterocycles. The summed E-state index contributed by atoms with van der Waals surface area (Å²) in [5.74, 6) is -0.341. The second-order valence-corrected chi connectivity index (χ2v) is 8.64. The van der Waals surface area contributed by atoms with Crippen molar-refractivity contribution in [2.75, 3.05) is 0 Å². The summed E-state index contributed by atoms with van der Waals surface area (Å²) < 4.78 is 10.6. The number of ether oxygens (including phenoxy) is 1. The highest BCUT2D eigenvalue weighted by Gasteiger charge is 2.57. The number of esters is 1. The van der Waals surface area contributed by atoms with Gasteiger partial charge >= 0.3 is 5.97 Å². The Kier molecular flexibility index (Phi) is 4.72. The number of carbonyl (C=O) groups excluding carboxylic acids is 2. The fraction of sp³-hybridized carbons (Fsp3) is 0.545. The molecule has 1 saturated carbocycles. The molecule has 3 atom stereocenters. The summed E-state index contributed by atoms with van der Waals surface area (Å²) in [6.07, 6.45) is 10.6. The Morgan fingerprint density at radius 2 is 2.04 bits per heavy atom. The zero-order valence-corrected chi connectivity index (χ0v) is 16.3. The van der Waals surface area contributed by atoms with E-state index in [4.69, 9.17) is 9.15 Å². The summed E-state index contributed by atoms with van der Waals surface area (Å²) in [5, 5.41) is 0. The molecule has 0 aliphatic heterocycles. The number of fused-ring (bicyclic) bond motifs is 1. The predicted molar refractivity (Wildman–Crippen MR) is 99.9 cm³/mol. The maximum absolute atomic E-state index is 13.3. The summed E-state index contributed by atoms with van der Waals surface area (Å²) in [4.78, 5) is 24.9. The molecule has 0 spiro atoms. The molecule has 1 aromatic rings. The minimum Gasteiger partial charge on any atom is -0.472 e. The number of rotatable bonds is 3. The lowest BCUT2D eigenvalue weighted by Crippen LogP contribution is -2.53. The molecule has 0 radical (unpaired) electrons. The number of furan rings is 1. The van der Waals surface area contributed by atoms with Gasteiger partial charge in [0.25, 0.3) is 0 Å². The van der Waals surface area contributed by atoms with Gasteiger partial charge in [0.1, 0.15) is 0 Å². The molecule has 1 fully saturated rings. The predicted octanol–water partition coefficient (Wildman–Crippen LogP) is 5.16. The third kappa shape index (κ3) is 3.06. The Morgan fingerprint density at radius 1 is 1.31 bits per heavy atom. The third-order valence-electron chi connectivity index (χ3n) is 6.27. The van der Waals surface area contributed by atoms with Gasteiger partial charge in [0.2, 0.25) is 5.78 Å². The van der Waals surface area contributed by atoms with Crippen LogP contribution in [0.1, 0.15) is 59.4 Å². The van der Waals surface area contributed by atoms with Crippen molar-refractivity contribution in [3.63, 3.8) is 0 Å². The van der Waals surface area contributed by atoms with E-state index in [2.05, 4.69) is 26.8 Å². The van der Waals surface area contributed by atoms with Crippen LogP contribution in [-0.2, 0) is 14.3 Å². The Hall–Kier alpha value is -2.10. The van der Waals surface area contributed by atoms with Crippen molar-refractivity contribution in [3.8, 4) is 0 Å². The van der Waals surface area contributed by atoms with Crippen molar-refractivity contribution >= 4 is 17.8 Å². The van der Waals surface area contributed by atoms with Crippen LogP contribution in [-0.4, -0.2) is 11.8 Å². The van der Waals surface area contributed by atoms with Gasteiger partial charge in [0.15, 0.2) is 5.76 Å². The van der Waals surface area contributed by atoms with E-state index in [1.54, 1.807) is 12.5 Å². The van der Waals surface area contributed by atoms with Crippen LogP contribution in [0.2, 0.25) is 0 Å². The lowest BCUT2D eigenvalue weighted by Gasteiger charge is -2.55. The van der Waals surface area contributed by atoms with Crippen LogP contribution >= 0.6 is 0 Å². The molecule has 26 heavy (non-hydrogen) atoms. The molecule has 3 rings (SSSR count). The molecule has 140 valence electrons. The average molecular weight is 356 g/mol. The molecule has 1 aromatic heterocycles. The summed E-state index contributed by atoms with van der Waals surface area (Å²) >= 11 is 0. The molecule has 2 aliphatic rings. The third-order valence-corrected chi connectivity index (χ3v) is 6.27. The van der Waals surface area contributed by atoms with Gasteiger partial charge < -0.3 is 9.15 Å². The number of hydrogen-bond acceptors (Lipinski definition) is 4. The summed E-state index contributed by atoms with van der Waals surface area (Å²) in [5.41, 5.74) is 1.52. The smallest absolute Gasteiger partial charge is 0.308 e. The van der Waals surface area contributed by atoms with Crippen LogP contribution in [0.5, 0.6) is 0 Å². The lowest BCUT2D eigenvalue weighted by atomic mass is 9.48. The highest BCUT2D eigenvalue weighted by molar-refractivity contribution is 6.00. The number of allylic oxidation sites excluding steroid dienone is 3. The fourth-order valence-corrected chi connectivity index (χ4v) is 5.27. The SMILES string of the molecule is CC(=O)OC1=C(C)[C@H](C=Cc2ccoc2)[C@@]2(C)CCCC(C)(C)[C@@H]2C1=O. The molecule has 0 aromatic carbocycles. The van der Waals surface area contributed by atoms with Crippen LogP contribution in [0.15, 0.2) is 40.4 Å². The van der Waals surface area contributed by atoms with Crippen LogP contribution < -0.4 is 0 Å². The first kappa shape index (κ1) is 18.7. The van der Waals surface area contributed by atoms with E-state index in [9.17, 15) is 9.59 Å². The zero-order chi connectivity index (χ0) is 19.1. The summed E-state index contributed by atoms with van der Waals surface area (Å²) in [6, 6.07) is 1.90. The van der Waals surface area contributed by atoms with E-state index < -0.39 is 5.97 Å². The van der Waals surface area contributed by atoms with Crippen molar-refractivity contribution in [1.82, 2.24) is 0 Å². The molecule has 4 heteroatoms. The van der Waals surface area contributed by atoms with Gasteiger partial charge in [0.05, 0.1) is 12.5 Å². The number of Topliss-reactive ketones (excluding diaryl/α,β-unsaturated/α-hetero) is 1. The summed E-state index contributed by atoms with van der Waals surface area (Å²) in [7, 11) is 0. The van der Waals surface area contributed by atoms with Crippen molar-refractivity contribution in [2.45, 2.75) is 53.9 Å². The monoisotopic (exact) mass is 356 g/mol. The van der Waals surface area contributed by atoms with Crippen LogP contribution in [0.4, 0.5) is 0 Å². The highest BCUT2D eigenvalue weighted by atomic mass is 16.5. The number of carbonyl (C=O) groups is 2. The van der Waals surface area contributed by atoms with E-state index in [1.165, 1.54) is 6.92 Å². The zero-order valence-electron chi connectivity index (χ0n) is 16.3. The van der Waals surface area contributed by atoms with Gasteiger partial charge in [-0.2, -0.15) is 0 Å². The summed E-state index contributed by atoms with van der Waals surface area (Å²) in [6.45, 7) is 9.81. The lowest BCUT2D eigenvalue weighted by molar-refractivity contribution is -0.149. The second kappa shape index (κ2) is 6.57. The molecule has 2 aliphatic carbocycles. The van der Waals surface area contributed by atoms with E-state index in [0.29, 0.717) is 0 Å². The van der Waals surface area contributed by atoms with E-state index in [-0.39, 0.29) is 34.2 Å². The van der Waals surface area contributed by atoms with Crippen LogP contribution in [0.3, 0.4) is 0 Å². The largest absolute Gasteiger partial charge is 0.472 e. The molecular formula is C22H28O4. The van der Waals surface area contributed by atoms with Crippen molar-refractivity contribution < 1.29 is 18.7 Å². The minimum absolute atomic E-state index is 0.0159. The van der Waals surface area contributed by atoms with Crippen molar-refractivity contribution in [3.05, 3.63) is 41.6 Å².